The SMILES string of the molecule is CC1(C)C(O)CC1NC1CC1. The van der Waals surface area contributed by atoms with Gasteiger partial charge in [-0.15, -0.1) is 0 Å². The van der Waals surface area contributed by atoms with Crippen LogP contribution in [0.25, 0.3) is 0 Å². The average Bonchev–Trinajstić information content (AvgIpc) is 2.71. The van der Waals surface area contributed by atoms with Crippen molar-refractivity contribution in [2.75, 3.05) is 0 Å². The molecule has 0 aromatic carbocycles. The van der Waals surface area contributed by atoms with Crippen LogP contribution in [0.2, 0.25) is 0 Å². The first kappa shape index (κ1) is 7.56. The van der Waals surface area contributed by atoms with Crippen LogP contribution in [0.15, 0.2) is 0 Å². The molecule has 0 aliphatic heterocycles. The second-order valence-electron chi connectivity index (χ2n) is 4.57. The quantitative estimate of drug-likeness (QED) is 0.621. The minimum Gasteiger partial charge on any atom is -0.392 e. The van der Waals surface area contributed by atoms with Gasteiger partial charge in [-0.25, -0.2) is 0 Å². The van der Waals surface area contributed by atoms with E-state index in [2.05, 4.69) is 19.2 Å². The monoisotopic (exact) mass is 155 g/mol. The predicted octanol–water partition coefficient (Wildman–Crippen LogP) is 0.898. The van der Waals surface area contributed by atoms with Crippen molar-refractivity contribution in [2.24, 2.45) is 5.41 Å². The van der Waals surface area contributed by atoms with Gasteiger partial charge in [-0.2, -0.15) is 0 Å². The summed E-state index contributed by atoms with van der Waals surface area (Å²) in [5, 5.41) is 13.0. The summed E-state index contributed by atoms with van der Waals surface area (Å²) >= 11 is 0. The fourth-order valence-corrected chi connectivity index (χ4v) is 1.72. The standard InChI is InChI=1S/C9H17NO/c1-9(2)7(5-8(9)11)10-6-3-4-6/h6-8,10-11H,3-5H2,1-2H3. The van der Waals surface area contributed by atoms with Crippen molar-refractivity contribution < 1.29 is 5.11 Å². The molecule has 2 heteroatoms. The van der Waals surface area contributed by atoms with E-state index >= 15 is 0 Å². The molecule has 2 N–H and O–H groups in total. The molecule has 0 saturated heterocycles. The summed E-state index contributed by atoms with van der Waals surface area (Å²) in [5.41, 5.74) is 0.114. The largest absolute Gasteiger partial charge is 0.392 e. The van der Waals surface area contributed by atoms with Gasteiger partial charge in [-0.1, -0.05) is 13.8 Å². The van der Waals surface area contributed by atoms with Crippen molar-refractivity contribution >= 4 is 0 Å². The van der Waals surface area contributed by atoms with Crippen molar-refractivity contribution in [3.05, 3.63) is 0 Å². The molecule has 64 valence electrons. The maximum absolute atomic E-state index is 9.44. The van der Waals surface area contributed by atoms with E-state index < -0.39 is 0 Å². The van der Waals surface area contributed by atoms with E-state index in [1.54, 1.807) is 0 Å². The fraction of sp³-hybridized carbons (Fsp3) is 1.00. The van der Waals surface area contributed by atoms with Gasteiger partial charge in [0, 0.05) is 17.5 Å². The van der Waals surface area contributed by atoms with Crippen LogP contribution < -0.4 is 5.32 Å². The third-order valence-corrected chi connectivity index (χ3v) is 3.23. The van der Waals surface area contributed by atoms with E-state index in [0.717, 1.165) is 12.5 Å². The summed E-state index contributed by atoms with van der Waals surface area (Å²) in [7, 11) is 0. The molecule has 0 aromatic rings. The molecule has 0 amide bonds. The molecule has 0 radical (unpaired) electrons. The van der Waals surface area contributed by atoms with Gasteiger partial charge < -0.3 is 10.4 Å². The summed E-state index contributed by atoms with van der Waals surface area (Å²) in [4.78, 5) is 0. The van der Waals surface area contributed by atoms with Crippen LogP contribution >= 0.6 is 0 Å². The molecular formula is C9H17NO. The zero-order chi connectivity index (χ0) is 8.06. The summed E-state index contributed by atoms with van der Waals surface area (Å²) in [5.74, 6) is 0. The molecule has 2 aliphatic carbocycles. The third kappa shape index (κ3) is 1.18. The highest BCUT2D eigenvalue weighted by Crippen LogP contribution is 2.41. The average molecular weight is 155 g/mol. The van der Waals surface area contributed by atoms with Gasteiger partial charge in [0.05, 0.1) is 6.10 Å². The Balaban J connectivity index is 1.86. The predicted molar refractivity (Wildman–Crippen MR) is 44.4 cm³/mol. The summed E-state index contributed by atoms with van der Waals surface area (Å²) < 4.78 is 0. The number of aliphatic hydroxyl groups excluding tert-OH is 1. The van der Waals surface area contributed by atoms with Crippen molar-refractivity contribution in [3.63, 3.8) is 0 Å². The van der Waals surface area contributed by atoms with E-state index in [1.165, 1.54) is 12.8 Å². The van der Waals surface area contributed by atoms with Gasteiger partial charge in [-0.3, -0.25) is 0 Å². The zero-order valence-electron chi connectivity index (χ0n) is 7.30. The molecule has 2 rings (SSSR count). The molecule has 2 atom stereocenters. The van der Waals surface area contributed by atoms with Crippen LogP contribution in [0, 0.1) is 5.41 Å². The fourth-order valence-electron chi connectivity index (χ4n) is 1.72. The van der Waals surface area contributed by atoms with Crippen LogP contribution in [-0.2, 0) is 0 Å². The lowest BCUT2D eigenvalue weighted by molar-refractivity contribution is -0.0729. The Labute approximate surface area is 68.0 Å². The van der Waals surface area contributed by atoms with Crippen molar-refractivity contribution in [1.82, 2.24) is 5.32 Å². The number of rotatable bonds is 2. The zero-order valence-corrected chi connectivity index (χ0v) is 7.30. The lowest BCUT2D eigenvalue weighted by Crippen LogP contribution is -2.60. The molecule has 11 heavy (non-hydrogen) atoms. The van der Waals surface area contributed by atoms with E-state index in [-0.39, 0.29) is 11.5 Å². The van der Waals surface area contributed by atoms with Gasteiger partial charge in [0.2, 0.25) is 0 Å². The highest BCUT2D eigenvalue weighted by Gasteiger charge is 2.48. The Morgan fingerprint density at radius 3 is 2.36 bits per heavy atom. The molecule has 2 nitrogen and oxygen atoms in total. The van der Waals surface area contributed by atoms with Gasteiger partial charge in [0.25, 0.3) is 0 Å². The number of aliphatic hydroxyl groups is 1. The van der Waals surface area contributed by atoms with Crippen LogP contribution in [0.5, 0.6) is 0 Å². The first-order valence-corrected chi connectivity index (χ1v) is 4.55. The van der Waals surface area contributed by atoms with E-state index in [4.69, 9.17) is 0 Å². The lowest BCUT2D eigenvalue weighted by atomic mass is 9.64. The van der Waals surface area contributed by atoms with Crippen LogP contribution in [0.4, 0.5) is 0 Å². The molecular weight excluding hydrogens is 138 g/mol. The maximum Gasteiger partial charge on any atom is 0.0621 e. The molecule has 2 fully saturated rings. The minimum atomic E-state index is -0.0845. The Morgan fingerprint density at radius 1 is 1.36 bits per heavy atom. The van der Waals surface area contributed by atoms with Crippen LogP contribution in [0.1, 0.15) is 33.1 Å². The Hall–Kier alpha value is -0.0800. The molecule has 0 spiro atoms. The van der Waals surface area contributed by atoms with Gasteiger partial charge in [0.1, 0.15) is 0 Å². The van der Waals surface area contributed by atoms with E-state index in [0.29, 0.717) is 6.04 Å². The van der Waals surface area contributed by atoms with Crippen molar-refractivity contribution in [3.8, 4) is 0 Å². The second-order valence-corrected chi connectivity index (χ2v) is 4.57. The van der Waals surface area contributed by atoms with Gasteiger partial charge in [0.15, 0.2) is 0 Å². The Kier molecular flexibility index (Phi) is 1.52. The lowest BCUT2D eigenvalue weighted by Gasteiger charge is -2.49. The second kappa shape index (κ2) is 2.20. The molecule has 0 heterocycles. The van der Waals surface area contributed by atoms with E-state index in [1.807, 2.05) is 0 Å². The number of hydrogen-bond acceptors (Lipinski definition) is 2. The van der Waals surface area contributed by atoms with Gasteiger partial charge >= 0.3 is 0 Å². The topological polar surface area (TPSA) is 32.3 Å². The van der Waals surface area contributed by atoms with Gasteiger partial charge in [-0.05, 0) is 19.3 Å². The molecule has 0 bridgehead atoms. The number of nitrogens with one attached hydrogen (secondary N) is 1. The van der Waals surface area contributed by atoms with Crippen molar-refractivity contribution in [1.29, 1.82) is 0 Å². The Morgan fingerprint density at radius 2 is 2.00 bits per heavy atom. The minimum absolute atomic E-state index is 0.0845. The molecule has 2 aliphatic rings. The molecule has 0 aromatic heterocycles. The van der Waals surface area contributed by atoms with Crippen LogP contribution in [0.3, 0.4) is 0 Å². The van der Waals surface area contributed by atoms with Crippen LogP contribution in [-0.4, -0.2) is 23.3 Å². The summed E-state index contributed by atoms with van der Waals surface area (Å²) in [6, 6.07) is 1.33. The highest BCUT2D eigenvalue weighted by atomic mass is 16.3. The normalized spacial score (nSPS) is 41.7. The van der Waals surface area contributed by atoms with E-state index in [9.17, 15) is 5.11 Å². The highest BCUT2D eigenvalue weighted by molar-refractivity contribution is 5.04. The summed E-state index contributed by atoms with van der Waals surface area (Å²) in [6.45, 7) is 4.28. The maximum atomic E-state index is 9.44. The Bertz CT molecular complexity index is 163. The van der Waals surface area contributed by atoms with Crippen molar-refractivity contribution in [2.45, 2.75) is 51.3 Å². The first-order valence-electron chi connectivity index (χ1n) is 4.55. The summed E-state index contributed by atoms with van der Waals surface area (Å²) in [6.07, 6.45) is 3.54. The smallest absolute Gasteiger partial charge is 0.0621 e. The molecule has 2 unspecified atom stereocenters. The molecule has 2 saturated carbocycles. The number of hydrogen-bond donors (Lipinski definition) is 2. The first-order chi connectivity index (χ1) is 5.10. The third-order valence-electron chi connectivity index (χ3n) is 3.23.